The number of hydrogen-bond acceptors (Lipinski definition) is 3. The standard InChI is InChI=1S/C12H14ClNO3/c1-3-10(12(16)17-2)11(15)14-9-6-4-5-8(13)7-9/h4-7,10H,3H2,1-2H3,(H,14,15). The summed E-state index contributed by atoms with van der Waals surface area (Å²) in [4.78, 5) is 23.1. The highest BCUT2D eigenvalue weighted by molar-refractivity contribution is 6.30. The lowest BCUT2D eigenvalue weighted by Crippen LogP contribution is -2.30. The molecular weight excluding hydrogens is 242 g/mol. The fraction of sp³-hybridized carbons (Fsp3) is 0.333. The van der Waals surface area contributed by atoms with Crippen LogP contribution in [0, 0.1) is 5.92 Å². The van der Waals surface area contributed by atoms with Crippen molar-refractivity contribution in [2.75, 3.05) is 12.4 Å². The van der Waals surface area contributed by atoms with Gasteiger partial charge >= 0.3 is 5.97 Å². The Hall–Kier alpha value is -1.55. The molecule has 0 heterocycles. The number of benzene rings is 1. The smallest absolute Gasteiger partial charge is 0.318 e. The number of anilines is 1. The van der Waals surface area contributed by atoms with Crippen LogP contribution in [-0.2, 0) is 14.3 Å². The third-order valence-electron chi connectivity index (χ3n) is 2.30. The third-order valence-corrected chi connectivity index (χ3v) is 2.54. The van der Waals surface area contributed by atoms with E-state index in [-0.39, 0.29) is 5.91 Å². The summed E-state index contributed by atoms with van der Waals surface area (Å²) in [5, 5.41) is 3.15. The summed E-state index contributed by atoms with van der Waals surface area (Å²) in [6.07, 6.45) is 0.388. The lowest BCUT2D eigenvalue weighted by atomic mass is 10.1. The van der Waals surface area contributed by atoms with E-state index in [1.165, 1.54) is 7.11 Å². The number of carbonyl (C=O) groups excluding carboxylic acids is 2. The fourth-order valence-electron chi connectivity index (χ4n) is 1.40. The van der Waals surface area contributed by atoms with Gasteiger partial charge in [0, 0.05) is 10.7 Å². The molecule has 0 spiro atoms. The Morgan fingerprint density at radius 1 is 1.47 bits per heavy atom. The maximum Gasteiger partial charge on any atom is 0.318 e. The highest BCUT2D eigenvalue weighted by Gasteiger charge is 2.25. The number of carbonyl (C=O) groups is 2. The van der Waals surface area contributed by atoms with Crippen molar-refractivity contribution in [3.63, 3.8) is 0 Å². The molecule has 1 aromatic rings. The number of esters is 1. The molecule has 0 aliphatic rings. The molecule has 0 fully saturated rings. The van der Waals surface area contributed by atoms with Crippen LogP contribution in [0.15, 0.2) is 24.3 Å². The van der Waals surface area contributed by atoms with Crippen LogP contribution in [0.5, 0.6) is 0 Å². The van der Waals surface area contributed by atoms with E-state index in [1.54, 1.807) is 31.2 Å². The number of nitrogens with one attached hydrogen (secondary N) is 1. The lowest BCUT2D eigenvalue weighted by molar-refractivity contribution is -0.148. The van der Waals surface area contributed by atoms with Gasteiger partial charge in [-0.25, -0.2) is 0 Å². The van der Waals surface area contributed by atoms with Gasteiger partial charge in [-0.15, -0.1) is 0 Å². The summed E-state index contributed by atoms with van der Waals surface area (Å²) >= 11 is 5.79. The van der Waals surface area contributed by atoms with Gasteiger partial charge in [-0.2, -0.15) is 0 Å². The normalized spacial score (nSPS) is 11.7. The van der Waals surface area contributed by atoms with Crippen LogP contribution < -0.4 is 5.32 Å². The SMILES string of the molecule is CCC(C(=O)Nc1cccc(Cl)c1)C(=O)OC. The molecule has 5 heteroatoms. The predicted molar refractivity (Wildman–Crippen MR) is 65.9 cm³/mol. The minimum atomic E-state index is -0.793. The molecule has 0 aliphatic heterocycles. The molecule has 0 aliphatic carbocycles. The van der Waals surface area contributed by atoms with Crippen molar-refractivity contribution in [2.45, 2.75) is 13.3 Å². The molecule has 17 heavy (non-hydrogen) atoms. The van der Waals surface area contributed by atoms with E-state index in [9.17, 15) is 9.59 Å². The van der Waals surface area contributed by atoms with E-state index in [0.29, 0.717) is 17.1 Å². The highest BCUT2D eigenvalue weighted by Crippen LogP contribution is 2.16. The number of rotatable bonds is 4. The predicted octanol–water partition coefficient (Wildman–Crippen LogP) is 2.48. The first kappa shape index (κ1) is 13.5. The molecule has 1 rings (SSSR count). The van der Waals surface area contributed by atoms with E-state index in [1.807, 2.05) is 0 Å². The molecule has 92 valence electrons. The molecule has 1 N–H and O–H groups in total. The number of hydrogen-bond donors (Lipinski definition) is 1. The summed E-state index contributed by atoms with van der Waals surface area (Å²) in [5.41, 5.74) is 0.560. The fourth-order valence-corrected chi connectivity index (χ4v) is 1.59. The van der Waals surface area contributed by atoms with Gasteiger partial charge in [-0.05, 0) is 24.6 Å². The summed E-state index contributed by atoms with van der Waals surface area (Å²) in [5.74, 6) is -1.72. The van der Waals surface area contributed by atoms with Crippen molar-refractivity contribution in [2.24, 2.45) is 5.92 Å². The van der Waals surface area contributed by atoms with Crippen molar-refractivity contribution in [3.05, 3.63) is 29.3 Å². The van der Waals surface area contributed by atoms with Crippen LogP contribution >= 0.6 is 11.6 Å². The average molecular weight is 256 g/mol. The van der Waals surface area contributed by atoms with E-state index in [0.717, 1.165) is 0 Å². The van der Waals surface area contributed by atoms with Gasteiger partial charge in [0.2, 0.25) is 5.91 Å². The topological polar surface area (TPSA) is 55.4 Å². The zero-order chi connectivity index (χ0) is 12.8. The summed E-state index contributed by atoms with van der Waals surface area (Å²) in [7, 11) is 1.26. The molecule has 1 amide bonds. The van der Waals surface area contributed by atoms with Gasteiger partial charge < -0.3 is 10.1 Å². The molecule has 0 aromatic heterocycles. The van der Waals surface area contributed by atoms with Gasteiger partial charge in [0.15, 0.2) is 0 Å². The van der Waals surface area contributed by atoms with Crippen LogP contribution in [0.3, 0.4) is 0 Å². The molecule has 1 unspecified atom stereocenters. The van der Waals surface area contributed by atoms with Gasteiger partial charge in [0.1, 0.15) is 5.92 Å². The second kappa shape index (κ2) is 6.25. The second-order valence-corrected chi connectivity index (χ2v) is 3.92. The monoisotopic (exact) mass is 255 g/mol. The van der Waals surface area contributed by atoms with Gasteiger partial charge in [0.05, 0.1) is 7.11 Å². The number of amides is 1. The van der Waals surface area contributed by atoms with E-state index >= 15 is 0 Å². The van der Waals surface area contributed by atoms with Gasteiger partial charge in [-0.1, -0.05) is 24.6 Å². The first-order valence-corrected chi connectivity index (χ1v) is 5.60. The zero-order valence-corrected chi connectivity index (χ0v) is 10.5. The number of ether oxygens (including phenoxy) is 1. The van der Waals surface area contributed by atoms with Crippen LogP contribution in [-0.4, -0.2) is 19.0 Å². The quantitative estimate of drug-likeness (QED) is 0.664. The van der Waals surface area contributed by atoms with Crippen LogP contribution in [0.2, 0.25) is 5.02 Å². The Kier molecular flexibility index (Phi) is 4.97. The highest BCUT2D eigenvalue weighted by atomic mass is 35.5. The van der Waals surface area contributed by atoms with Gasteiger partial charge in [-0.3, -0.25) is 9.59 Å². The van der Waals surface area contributed by atoms with E-state index in [2.05, 4.69) is 10.1 Å². The Labute approximate surface area is 105 Å². The first-order valence-electron chi connectivity index (χ1n) is 5.22. The molecule has 0 radical (unpaired) electrons. The molecule has 0 bridgehead atoms. The molecule has 4 nitrogen and oxygen atoms in total. The molecule has 0 saturated heterocycles. The zero-order valence-electron chi connectivity index (χ0n) is 9.70. The Morgan fingerprint density at radius 3 is 2.71 bits per heavy atom. The van der Waals surface area contributed by atoms with E-state index in [4.69, 9.17) is 11.6 Å². The van der Waals surface area contributed by atoms with E-state index < -0.39 is 11.9 Å². The van der Waals surface area contributed by atoms with Gasteiger partial charge in [0.25, 0.3) is 0 Å². The number of methoxy groups -OCH3 is 1. The lowest BCUT2D eigenvalue weighted by Gasteiger charge is -2.12. The number of halogens is 1. The first-order chi connectivity index (χ1) is 8.08. The van der Waals surface area contributed by atoms with Crippen molar-refractivity contribution in [1.82, 2.24) is 0 Å². The average Bonchev–Trinajstić information content (AvgIpc) is 2.29. The maximum absolute atomic E-state index is 11.8. The molecule has 1 atom stereocenters. The largest absolute Gasteiger partial charge is 0.468 e. The molecule has 1 aromatic carbocycles. The summed E-state index contributed by atoms with van der Waals surface area (Å²) in [6, 6.07) is 6.74. The van der Waals surface area contributed by atoms with Crippen molar-refractivity contribution >= 4 is 29.2 Å². The Balaban J connectivity index is 2.74. The minimum Gasteiger partial charge on any atom is -0.468 e. The Morgan fingerprint density at radius 2 is 2.18 bits per heavy atom. The van der Waals surface area contributed by atoms with Crippen molar-refractivity contribution in [1.29, 1.82) is 0 Å². The maximum atomic E-state index is 11.8. The van der Waals surface area contributed by atoms with Crippen LogP contribution in [0.4, 0.5) is 5.69 Å². The third kappa shape index (κ3) is 3.75. The van der Waals surface area contributed by atoms with Crippen LogP contribution in [0.1, 0.15) is 13.3 Å². The molecular formula is C12H14ClNO3. The van der Waals surface area contributed by atoms with Crippen molar-refractivity contribution < 1.29 is 14.3 Å². The van der Waals surface area contributed by atoms with Crippen molar-refractivity contribution in [3.8, 4) is 0 Å². The Bertz CT molecular complexity index is 420. The summed E-state index contributed by atoms with van der Waals surface area (Å²) < 4.78 is 4.56. The molecule has 0 saturated carbocycles. The minimum absolute atomic E-state index is 0.387. The van der Waals surface area contributed by atoms with Crippen LogP contribution in [0.25, 0.3) is 0 Å². The summed E-state index contributed by atoms with van der Waals surface area (Å²) in [6.45, 7) is 1.75. The second-order valence-electron chi connectivity index (χ2n) is 3.48.